The van der Waals surface area contributed by atoms with Crippen molar-refractivity contribution in [1.82, 2.24) is 4.90 Å². The van der Waals surface area contributed by atoms with Crippen molar-refractivity contribution in [2.45, 2.75) is 20.1 Å². The lowest BCUT2D eigenvalue weighted by atomic mass is 10.2. The molecule has 2 aromatic rings. The quantitative estimate of drug-likeness (QED) is 0.776. The van der Waals surface area contributed by atoms with Crippen molar-refractivity contribution in [3.8, 4) is 0 Å². The third-order valence-electron chi connectivity index (χ3n) is 4.08. The molecular weight excluding hydrogens is 328 g/mol. The number of carbonyl (C=O) groups is 1. The van der Waals surface area contributed by atoms with Crippen LogP contribution in [-0.2, 0) is 22.7 Å². The Labute approximate surface area is 146 Å². The van der Waals surface area contributed by atoms with Crippen molar-refractivity contribution < 1.29 is 13.9 Å². The summed E-state index contributed by atoms with van der Waals surface area (Å²) in [5, 5.41) is 0.764. The molecule has 5 nitrogen and oxygen atoms in total. The smallest absolute Gasteiger partial charge is 0.303 e. The van der Waals surface area contributed by atoms with Crippen LogP contribution in [0.3, 0.4) is 0 Å². The van der Waals surface area contributed by atoms with E-state index >= 15 is 0 Å². The molecule has 1 fully saturated rings. The number of esters is 1. The van der Waals surface area contributed by atoms with Crippen LogP contribution in [0, 0.1) is 0 Å². The largest absolute Gasteiger partial charge is 0.461 e. The third-order valence-corrected chi connectivity index (χ3v) is 4.33. The van der Waals surface area contributed by atoms with Gasteiger partial charge in [-0.05, 0) is 36.4 Å². The van der Waals surface area contributed by atoms with Crippen molar-refractivity contribution in [1.29, 1.82) is 0 Å². The number of anilines is 1. The first-order valence-corrected chi connectivity index (χ1v) is 8.42. The summed E-state index contributed by atoms with van der Waals surface area (Å²) in [6.45, 7) is 6.26. The van der Waals surface area contributed by atoms with Gasteiger partial charge in [0.05, 0.1) is 6.54 Å². The molecule has 1 aliphatic rings. The molecule has 1 aliphatic heterocycles. The molecule has 0 bridgehead atoms. The van der Waals surface area contributed by atoms with Gasteiger partial charge in [-0.2, -0.15) is 0 Å². The molecule has 0 atom stereocenters. The Balaban J connectivity index is 1.48. The van der Waals surface area contributed by atoms with Crippen molar-refractivity contribution in [2.24, 2.45) is 0 Å². The third kappa shape index (κ3) is 4.52. The van der Waals surface area contributed by atoms with E-state index in [9.17, 15) is 4.79 Å². The van der Waals surface area contributed by atoms with Gasteiger partial charge in [-0.25, -0.2) is 0 Å². The Morgan fingerprint density at radius 3 is 2.42 bits per heavy atom. The number of rotatable bonds is 5. The molecule has 24 heavy (non-hydrogen) atoms. The minimum absolute atomic E-state index is 0.194. The second-order valence-electron chi connectivity index (χ2n) is 5.89. The lowest BCUT2D eigenvalue weighted by molar-refractivity contribution is -0.142. The number of ether oxygens (including phenoxy) is 1. The van der Waals surface area contributed by atoms with Crippen molar-refractivity contribution in [3.05, 3.63) is 52.9 Å². The Hall–Kier alpha value is -1.98. The van der Waals surface area contributed by atoms with E-state index in [2.05, 4.69) is 21.9 Å². The number of halogens is 1. The number of furan rings is 1. The highest BCUT2D eigenvalue weighted by molar-refractivity contribution is 6.30. The topological polar surface area (TPSA) is 45.9 Å². The van der Waals surface area contributed by atoms with Gasteiger partial charge >= 0.3 is 5.97 Å². The van der Waals surface area contributed by atoms with Crippen molar-refractivity contribution in [3.63, 3.8) is 0 Å². The van der Waals surface area contributed by atoms with Crippen molar-refractivity contribution in [2.75, 3.05) is 31.1 Å². The molecule has 128 valence electrons. The summed E-state index contributed by atoms with van der Waals surface area (Å²) in [7, 11) is 0. The molecule has 2 heterocycles. The standard InChI is InChI=1S/C18H21ClN2O3/c1-14(22)23-13-18-7-6-17(24-18)12-20-8-10-21(11-9-20)16-4-2-15(19)3-5-16/h2-7H,8-13H2,1H3. The van der Waals surface area contributed by atoms with Crippen LogP contribution < -0.4 is 4.90 Å². The predicted octanol–water partition coefficient (Wildman–Crippen LogP) is 3.32. The van der Waals surface area contributed by atoms with Gasteiger partial charge < -0.3 is 14.1 Å². The first-order valence-electron chi connectivity index (χ1n) is 8.04. The minimum Gasteiger partial charge on any atom is -0.461 e. The monoisotopic (exact) mass is 348 g/mol. The van der Waals surface area contributed by atoms with E-state index in [0.29, 0.717) is 5.76 Å². The summed E-state index contributed by atoms with van der Waals surface area (Å²) in [6, 6.07) is 11.8. The van der Waals surface area contributed by atoms with Gasteiger partial charge in [0.25, 0.3) is 0 Å². The average Bonchev–Trinajstić information content (AvgIpc) is 3.02. The molecule has 6 heteroatoms. The summed E-state index contributed by atoms with van der Waals surface area (Å²) in [4.78, 5) is 15.5. The van der Waals surface area contributed by atoms with Crippen molar-refractivity contribution >= 4 is 23.3 Å². The van der Waals surface area contributed by atoms with E-state index in [1.165, 1.54) is 12.6 Å². The molecule has 1 aromatic carbocycles. The predicted molar refractivity (Wildman–Crippen MR) is 93.1 cm³/mol. The van der Waals surface area contributed by atoms with E-state index in [4.69, 9.17) is 20.8 Å². The molecular formula is C18H21ClN2O3. The maximum atomic E-state index is 10.8. The number of piperazine rings is 1. The maximum absolute atomic E-state index is 10.8. The average molecular weight is 349 g/mol. The molecule has 0 radical (unpaired) electrons. The van der Waals surface area contributed by atoms with Gasteiger partial charge in [0, 0.05) is 43.8 Å². The van der Waals surface area contributed by atoms with Gasteiger partial charge in [-0.3, -0.25) is 9.69 Å². The Morgan fingerprint density at radius 2 is 1.75 bits per heavy atom. The Bertz CT molecular complexity index is 676. The summed E-state index contributed by atoms with van der Waals surface area (Å²) >= 11 is 5.94. The summed E-state index contributed by atoms with van der Waals surface area (Å²) in [5.41, 5.74) is 1.21. The number of nitrogens with zero attached hydrogens (tertiary/aromatic N) is 2. The van der Waals surface area contributed by atoms with Crippen LogP contribution in [-0.4, -0.2) is 37.0 Å². The van der Waals surface area contributed by atoms with E-state index in [1.807, 2.05) is 24.3 Å². The lowest BCUT2D eigenvalue weighted by Gasteiger charge is -2.35. The van der Waals surface area contributed by atoms with E-state index in [-0.39, 0.29) is 12.6 Å². The van der Waals surface area contributed by atoms with Gasteiger partial charge in [-0.15, -0.1) is 0 Å². The van der Waals surface area contributed by atoms with Gasteiger partial charge in [0.2, 0.25) is 0 Å². The van der Waals surface area contributed by atoms with E-state index in [1.54, 1.807) is 0 Å². The molecule has 0 saturated carbocycles. The van der Waals surface area contributed by atoms with Crippen LogP contribution in [0.2, 0.25) is 5.02 Å². The van der Waals surface area contributed by atoms with Crippen LogP contribution in [0.1, 0.15) is 18.4 Å². The molecule has 3 rings (SSSR count). The first-order chi connectivity index (χ1) is 11.6. The summed E-state index contributed by atoms with van der Waals surface area (Å²) in [5.74, 6) is 1.28. The number of benzene rings is 1. The number of carbonyl (C=O) groups excluding carboxylic acids is 1. The highest BCUT2D eigenvalue weighted by atomic mass is 35.5. The fourth-order valence-electron chi connectivity index (χ4n) is 2.79. The molecule has 0 unspecified atom stereocenters. The van der Waals surface area contributed by atoms with Crippen LogP contribution in [0.5, 0.6) is 0 Å². The van der Waals surface area contributed by atoms with Gasteiger partial charge in [-0.1, -0.05) is 11.6 Å². The van der Waals surface area contributed by atoms with Crippen LogP contribution >= 0.6 is 11.6 Å². The molecule has 0 amide bonds. The fraction of sp³-hybridized carbons (Fsp3) is 0.389. The fourth-order valence-corrected chi connectivity index (χ4v) is 2.92. The van der Waals surface area contributed by atoms with Gasteiger partial charge in [0.15, 0.2) is 0 Å². The zero-order chi connectivity index (χ0) is 16.9. The van der Waals surface area contributed by atoms with Crippen LogP contribution in [0.25, 0.3) is 0 Å². The summed E-state index contributed by atoms with van der Waals surface area (Å²) < 4.78 is 10.7. The van der Waals surface area contributed by atoms with Crippen LogP contribution in [0.4, 0.5) is 5.69 Å². The Kier molecular flexibility index (Phi) is 5.43. The summed E-state index contributed by atoms with van der Waals surface area (Å²) in [6.07, 6.45) is 0. The van der Waals surface area contributed by atoms with E-state index in [0.717, 1.165) is 43.5 Å². The van der Waals surface area contributed by atoms with E-state index < -0.39 is 0 Å². The molecule has 1 aromatic heterocycles. The number of hydrogen-bond donors (Lipinski definition) is 0. The minimum atomic E-state index is -0.300. The zero-order valence-corrected chi connectivity index (χ0v) is 14.5. The maximum Gasteiger partial charge on any atom is 0.303 e. The zero-order valence-electron chi connectivity index (χ0n) is 13.7. The molecule has 1 saturated heterocycles. The van der Waals surface area contributed by atoms with Gasteiger partial charge in [0.1, 0.15) is 18.1 Å². The Morgan fingerprint density at radius 1 is 1.08 bits per heavy atom. The molecule has 0 spiro atoms. The molecule has 0 aliphatic carbocycles. The highest BCUT2D eigenvalue weighted by Crippen LogP contribution is 2.20. The second kappa shape index (κ2) is 7.73. The first kappa shape index (κ1) is 16.9. The number of hydrogen-bond acceptors (Lipinski definition) is 5. The second-order valence-corrected chi connectivity index (χ2v) is 6.32. The normalized spacial score (nSPS) is 15.5. The molecule has 0 N–H and O–H groups in total. The SMILES string of the molecule is CC(=O)OCc1ccc(CN2CCN(c3ccc(Cl)cc3)CC2)o1. The highest BCUT2D eigenvalue weighted by Gasteiger charge is 2.18. The van der Waals surface area contributed by atoms with Crippen LogP contribution in [0.15, 0.2) is 40.8 Å². The lowest BCUT2D eigenvalue weighted by Crippen LogP contribution is -2.45.